The molecule has 8 aromatic carbocycles. The van der Waals surface area contributed by atoms with Gasteiger partial charge in [0, 0.05) is 55.2 Å². The molecular weight excluding hydrogens is 797 g/mol. The third kappa shape index (κ3) is 7.05. The molecule has 0 N–H and O–H groups in total. The molecule has 65 heavy (non-hydrogen) atoms. The smallest absolute Gasteiger partial charge is 0.182 e. The Balaban J connectivity index is 0.996. The van der Waals surface area contributed by atoms with Gasteiger partial charge >= 0.3 is 0 Å². The molecule has 12 aromatic rings. The van der Waals surface area contributed by atoms with E-state index in [0.717, 1.165) is 72.4 Å². The van der Waals surface area contributed by atoms with E-state index in [-0.39, 0.29) is 0 Å². The lowest BCUT2D eigenvalue weighted by molar-refractivity contribution is 1.05. The number of fused-ring (bicyclic) bond motifs is 4. The van der Waals surface area contributed by atoms with Gasteiger partial charge in [-0.05, 0) is 36.4 Å². The minimum atomic E-state index is 0.437. The molecule has 0 unspecified atom stereocenters. The van der Waals surface area contributed by atoms with Crippen molar-refractivity contribution in [1.82, 2.24) is 39.5 Å². The highest BCUT2D eigenvalue weighted by atomic mass is 15.1. The van der Waals surface area contributed by atoms with Gasteiger partial charge < -0.3 is 4.57 Å². The molecule has 8 heteroatoms. The zero-order valence-electron chi connectivity index (χ0n) is 34.9. The van der Waals surface area contributed by atoms with E-state index < -0.39 is 0 Å². The van der Waals surface area contributed by atoms with Crippen molar-refractivity contribution in [1.29, 1.82) is 0 Å². The van der Waals surface area contributed by atoms with Crippen LogP contribution in [0.3, 0.4) is 0 Å². The second-order valence-corrected chi connectivity index (χ2v) is 15.8. The fraction of sp³-hybridized carbons (Fsp3) is 0. The molecule has 0 atom stereocenters. The monoisotopic (exact) mass is 832 g/mol. The van der Waals surface area contributed by atoms with Crippen LogP contribution >= 0.6 is 0 Å². The van der Waals surface area contributed by atoms with E-state index in [2.05, 4.69) is 95.6 Å². The fourth-order valence-corrected chi connectivity index (χ4v) is 8.56. The third-order valence-electron chi connectivity index (χ3n) is 11.7. The van der Waals surface area contributed by atoms with E-state index in [1.54, 1.807) is 0 Å². The van der Waals surface area contributed by atoms with Crippen LogP contribution in [0.5, 0.6) is 0 Å². The summed E-state index contributed by atoms with van der Waals surface area (Å²) in [5.41, 5.74) is 11.8. The number of para-hydroxylation sites is 3. The summed E-state index contributed by atoms with van der Waals surface area (Å²) in [5, 5.41) is 3.39. The van der Waals surface area contributed by atoms with Crippen molar-refractivity contribution in [2.75, 3.05) is 0 Å². The number of hydrogen-bond acceptors (Lipinski definition) is 7. The lowest BCUT2D eigenvalue weighted by Gasteiger charge is -2.13. The van der Waals surface area contributed by atoms with E-state index in [4.69, 9.17) is 34.9 Å². The van der Waals surface area contributed by atoms with Crippen LogP contribution in [0.15, 0.2) is 218 Å². The molecule has 0 spiro atoms. The summed E-state index contributed by atoms with van der Waals surface area (Å²) >= 11 is 0. The Labute approximate surface area is 374 Å². The Morgan fingerprint density at radius 2 is 0.708 bits per heavy atom. The van der Waals surface area contributed by atoms with Crippen LogP contribution in [0.2, 0.25) is 0 Å². The van der Waals surface area contributed by atoms with Gasteiger partial charge in [-0.1, -0.05) is 182 Å². The summed E-state index contributed by atoms with van der Waals surface area (Å²) in [4.78, 5) is 35.7. The van der Waals surface area contributed by atoms with Crippen molar-refractivity contribution < 1.29 is 0 Å². The highest BCUT2D eigenvalue weighted by Crippen LogP contribution is 2.35. The van der Waals surface area contributed by atoms with Crippen molar-refractivity contribution in [3.63, 3.8) is 0 Å². The summed E-state index contributed by atoms with van der Waals surface area (Å²) in [6, 6.07) is 74.1. The van der Waals surface area contributed by atoms with Crippen LogP contribution in [-0.4, -0.2) is 39.5 Å². The van der Waals surface area contributed by atoms with Gasteiger partial charge in [0.15, 0.2) is 29.1 Å². The average Bonchev–Trinajstić information content (AvgIpc) is 3.73. The lowest BCUT2D eigenvalue weighted by atomic mass is 10.0. The quantitative estimate of drug-likeness (QED) is 0.150. The van der Waals surface area contributed by atoms with Gasteiger partial charge in [-0.25, -0.2) is 34.9 Å². The molecule has 304 valence electrons. The minimum Gasteiger partial charge on any atom is -0.309 e. The van der Waals surface area contributed by atoms with E-state index in [1.165, 1.54) is 10.8 Å². The van der Waals surface area contributed by atoms with Gasteiger partial charge in [-0.15, -0.1) is 0 Å². The summed E-state index contributed by atoms with van der Waals surface area (Å²) in [7, 11) is 0. The zero-order chi connectivity index (χ0) is 43.1. The van der Waals surface area contributed by atoms with Crippen LogP contribution in [0.4, 0.5) is 0 Å². The Morgan fingerprint density at radius 1 is 0.262 bits per heavy atom. The van der Waals surface area contributed by atoms with Gasteiger partial charge in [0.25, 0.3) is 0 Å². The molecule has 0 bridgehead atoms. The van der Waals surface area contributed by atoms with Crippen molar-refractivity contribution in [2.45, 2.75) is 0 Å². The molecule has 0 saturated carbocycles. The Kier molecular flexibility index (Phi) is 9.31. The fourth-order valence-electron chi connectivity index (χ4n) is 8.56. The summed E-state index contributed by atoms with van der Waals surface area (Å²) in [5.74, 6) is 2.74. The van der Waals surface area contributed by atoms with Gasteiger partial charge in [0.05, 0.1) is 27.9 Å². The molecule has 4 heterocycles. The number of benzene rings is 8. The van der Waals surface area contributed by atoms with E-state index >= 15 is 0 Å². The SMILES string of the molecule is c1ccc(-c2nc(-c3cccc(-n4c5ccccc5c5ccccc54)c3)cc(-c3nc(-c4ccccc4)nc(-c4ccc(-c5nc(-c6ccccc6)nc6ccccc56)cc4)n3)n2)cc1. The van der Waals surface area contributed by atoms with Crippen LogP contribution in [0.25, 0.3) is 118 Å². The summed E-state index contributed by atoms with van der Waals surface area (Å²) in [6.07, 6.45) is 0. The van der Waals surface area contributed by atoms with Crippen molar-refractivity contribution >= 4 is 32.7 Å². The number of hydrogen-bond donors (Lipinski definition) is 0. The molecular formula is C57H36N8. The molecule has 0 saturated heterocycles. The predicted octanol–water partition coefficient (Wildman–Crippen LogP) is 13.4. The predicted molar refractivity (Wildman–Crippen MR) is 261 cm³/mol. The molecule has 4 aromatic heterocycles. The molecule has 0 amide bonds. The Morgan fingerprint density at radius 3 is 1.32 bits per heavy atom. The highest BCUT2D eigenvalue weighted by molar-refractivity contribution is 6.09. The molecule has 8 nitrogen and oxygen atoms in total. The highest BCUT2D eigenvalue weighted by Gasteiger charge is 2.19. The second kappa shape index (κ2) is 16.0. The van der Waals surface area contributed by atoms with E-state index in [1.807, 2.05) is 127 Å². The first-order valence-corrected chi connectivity index (χ1v) is 21.5. The maximum Gasteiger partial charge on any atom is 0.182 e. The normalized spacial score (nSPS) is 11.4. The maximum absolute atomic E-state index is 5.19. The summed E-state index contributed by atoms with van der Waals surface area (Å²) < 4.78 is 2.32. The zero-order valence-corrected chi connectivity index (χ0v) is 34.9. The maximum atomic E-state index is 5.19. The first kappa shape index (κ1) is 37.7. The van der Waals surface area contributed by atoms with Crippen LogP contribution in [0, 0.1) is 0 Å². The van der Waals surface area contributed by atoms with Crippen molar-refractivity contribution in [2.24, 2.45) is 0 Å². The van der Waals surface area contributed by atoms with Crippen LogP contribution in [0.1, 0.15) is 0 Å². The second-order valence-electron chi connectivity index (χ2n) is 15.8. The molecule has 0 aliphatic heterocycles. The van der Waals surface area contributed by atoms with E-state index in [9.17, 15) is 0 Å². The molecule has 0 radical (unpaired) electrons. The first-order chi connectivity index (χ1) is 32.2. The Bertz CT molecular complexity index is 3650. The average molecular weight is 833 g/mol. The van der Waals surface area contributed by atoms with Gasteiger partial charge in [0.2, 0.25) is 0 Å². The minimum absolute atomic E-state index is 0.437. The summed E-state index contributed by atoms with van der Waals surface area (Å²) in [6.45, 7) is 0. The van der Waals surface area contributed by atoms with Crippen molar-refractivity contribution in [3.8, 4) is 85.3 Å². The van der Waals surface area contributed by atoms with Crippen LogP contribution in [-0.2, 0) is 0 Å². The van der Waals surface area contributed by atoms with E-state index in [0.29, 0.717) is 34.8 Å². The molecule has 12 rings (SSSR count). The number of nitrogens with zero attached hydrogens (tertiary/aromatic N) is 8. The number of rotatable bonds is 8. The van der Waals surface area contributed by atoms with Crippen molar-refractivity contribution in [3.05, 3.63) is 218 Å². The largest absolute Gasteiger partial charge is 0.309 e. The molecule has 0 fully saturated rings. The van der Waals surface area contributed by atoms with Crippen LogP contribution < -0.4 is 0 Å². The molecule has 0 aliphatic rings. The standard InChI is InChI=1S/C57H36N8/c1-4-17-38(18-5-1)53-59-48(42-23-16-24-43(35-42)65-50-29-14-11-25-44(50)45-26-12-15-30-51(45)65)36-49(60-53)57-63-55(40-21-8-3-9-22-40)62-56(64-57)41-33-31-37(32-34-41)52-46-27-10-13-28-47(46)58-54(61-52)39-19-6-2-7-20-39/h1-36H. The third-order valence-corrected chi connectivity index (χ3v) is 11.7. The molecule has 0 aliphatic carbocycles. The Hall–Kier alpha value is -9.01. The first-order valence-electron chi connectivity index (χ1n) is 21.5. The topological polar surface area (TPSA) is 95.2 Å². The van der Waals surface area contributed by atoms with Gasteiger partial charge in [-0.3, -0.25) is 0 Å². The van der Waals surface area contributed by atoms with Gasteiger partial charge in [0.1, 0.15) is 5.69 Å². The number of aromatic nitrogens is 8. The lowest BCUT2D eigenvalue weighted by Crippen LogP contribution is -2.03. The van der Waals surface area contributed by atoms with Gasteiger partial charge in [-0.2, -0.15) is 0 Å².